The highest BCUT2D eigenvalue weighted by Gasteiger charge is 2.16. The van der Waals surface area contributed by atoms with E-state index in [1.807, 2.05) is 0 Å². The van der Waals surface area contributed by atoms with Gasteiger partial charge in [-0.1, -0.05) is 18.2 Å². The van der Waals surface area contributed by atoms with Gasteiger partial charge in [0.2, 0.25) is 0 Å². The van der Waals surface area contributed by atoms with Crippen molar-refractivity contribution in [3.05, 3.63) is 73.7 Å². The van der Waals surface area contributed by atoms with Crippen molar-refractivity contribution in [1.82, 2.24) is 14.6 Å². The third-order valence-electron chi connectivity index (χ3n) is 3.65. The molecule has 0 fully saturated rings. The number of aromatic nitrogens is 2. The van der Waals surface area contributed by atoms with Crippen molar-refractivity contribution in [2.45, 2.75) is 13.8 Å². The van der Waals surface area contributed by atoms with Gasteiger partial charge in [-0.2, -0.15) is 0 Å². The Morgan fingerprint density at radius 1 is 1.26 bits per heavy atom. The van der Waals surface area contributed by atoms with Gasteiger partial charge in [0.15, 0.2) is 0 Å². The number of allylic oxidation sites excluding steroid dienone is 1. The number of hydroxylamine groups is 1. The second kappa shape index (κ2) is 8.70. The quantitative estimate of drug-likeness (QED) is 0.437. The van der Waals surface area contributed by atoms with Gasteiger partial charge in [0.1, 0.15) is 13.2 Å². The number of carbonyl (C=O) groups is 1. The van der Waals surface area contributed by atoms with Crippen LogP contribution in [0.3, 0.4) is 0 Å². The fraction of sp³-hybridized carbons (Fsp3) is 0.278. The predicted molar refractivity (Wildman–Crippen MR) is 101 cm³/mol. The molecule has 1 aromatic carbocycles. The molecule has 0 saturated carbocycles. The lowest BCUT2D eigenvalue weighted by Crippen LogP contribution is -2.38. The molecule has 0 aliphatic heterocycles. The van der Waals surface area contributed by atoms with E-state index in [2.05, 4.69) is 12.1 Å². The number of esters is 1. The summed E-state index contributed by atoms with van der Waals surface area (Å²) in [4.78, 5) is 41.9. The molecule has 0 saturated heterocycles. The van der Waals surface area contributed by atoms with Crippen molar-refractivity contribution in [3.8, 4) is 5.69 Å². The van der Waals surface area contributed by atoms with E-state index in [1.54, 1.807) is 20.9 Å². The zero-order chi connectivity index (χ0) is 20.1. The SMILES string of the molecule is C=C(C)NOCCOC(=O)c1cc(-n2c(=O)cc(C)n(C)c2=O)ccc1Cl. The van der Waals surface area contributed by atoms with Crippen LogP contribution in [-0.2, 0) is 16.6 Å². The minimum absolute atomic E-state index is 0.0219. The normalized spacial score (nSPS) is 10.5. The van der Waals surface area contributed by atoms with Crippen molar-refractivity contribution < 1.29 is 14.4 Å². The maximum absolute atomic E-state index is 12.4. The smallest absolute Gasteiger partial charge is 0.339 e. The zero-order valence-corrected chi connectivity index (χ0v) is 16.0. The van der Waals surface area contributed by atoms with Crippen molar-refractivity contribution in [1.29, 1.82) is 0 Å². The summed E-state index contributed by atoms with van der Waals surface area (Å²) in [6, 6.07) is 5.59. The first-order valence-electron chi connectivity index (χ1n) is 8.02. The van der Waals surface area contributed by atoms with E-state index in [0.29, 0.717) is 11.4 Å². The van der Waals surface area contributed by atoms with Crippen LogP contribution in [0.4, 0.5) is 0 Å². The minimum Gasteiger partial charge on any atom is -0.459 e. The lowest BCUT2D eigenvalue weighted by atomic mass is 10.2. The van der Waals surface area contributed by atoms with Crippen molar-refractivity contribution >= 4 is 17.6 Å². The van der Waals surface area contributed by atoms with E-state index in [0.717, 1.165) is 4.57 Å². The summed E-state index contributed by atoms with van der Waals surface area (Å²) in [6.07, 6.45) is 0. The average Bonchev–Trinajstić information content (AvgIpc) is 2.60. The Kier molecular flexibility index (Phi) is 6.59. The van der Waals surface area contributed by atoms with Gasteiger partial charge in [0, 0.05) is 24.5 Å². The number of aryl methyl sites for hydroxylation is 1. The van der Waals surface area contributed by atoms with Crippen molar-refractivity contribution in [3.63, 3.8) is 0 Å². The first-order valence-corrected chi connectivity index (χ1v) is 8.40. The van der Waals surface area contributed by atoms with Crippen LogP contribution in [0.1, 0.15) is 23.0 Å². The summed E-state index contributed by atoms with van der Waals surface area (Å²) in [5, 5.41) is 0.140. The maximum atomic E-state index is 12.4. The Balaban J connectivity index is 2.26. The summed E-state index contributed by atoms with van der Waals surface area (Å²) >= 11 is 6.07. The Morgan fingerprint density at radius 2 is 1.96 bits per heavy atom. The van der Waals surface area contributed by atoms with Gasteiger partial charge in [-0.05, 0) is 32.0 Å². The highest BCUT2D eigenvalue weighted by Crippen LogP contribution is 2.20. The Labute approximate surface area is 160 Å². The molecule has 2 aromatic rings. The van der Waals surface area contributed by atoms with Crippen LogP contribution < -0.4 is 16.7 Å². The summed E-state index contributed by atoms with van der Waals surface area (Å²) in [6.45, 7) is 7.05. The van der Waals surface area contributed by atoms with Gasteiger partial charge in [-0.15, -0.1) is 0 Å². The second-order valence-corrected chi connectivity index (χ2v) is 6.24. The predicted octanol–water partition coefficient (Wildman–Crippen LogP) is 1.71. The molecule has 0 bridgehead atoms. The van der Waals surface area contributed by atoms with Crippen molar-refractivity contribution in [2.75, 3.05) is 13.2 Å². The van der Waals surface area contributed by atoms with E-state index >= 15 is 0 Å². The van der Waals surface area contributed by atoms with Crippen molar-refractivity contribution in [2.24, 2.45) is 7.05 Å². The molecular weight excluding hydrogens is 374 g/mol. The van der Waals surface area contributed by atoms with Gasteiger partial charge in [0.25, 0.3) is 5.56 Å². The minimum atomic E-state index is -0.697. The third kappa shape index (κ3) is 4.87. The molecule has 0 aliphatic carbocycles. The third-order valence-corrected chi connectivity index (χ3v) is 3.98. The lowest BCUT2D eigenvalue weighted by Gasteiger charge is -2.12. The molecule has 0 amide bonds. The number of nitrogens with one attached hydrogen (secondary N) is 1. The van der Waals surface area contributed by atoms with E-state index in [1.165, 1.54) is 28.8 Å². The molecule has 27 heavy (non-hydrogen) atoms. The number of nitrogens with zero attached hydrogens (tertiary/aromatic N) is 2. The molecular formula is C18H20ClN3O5. The zero-order valence-electron chi connectivity index (χ0n) is 15.2. The number of rotatable bonds is 7. The Morgan fingerprint density at radius 3 is 2.63 bits per heavy atom. The number of benzene rings is 1. The number of ether oxygens (including phenoxy) is 1. The molecule has 8 nitrogen and oxygen atoms in total. The molecule has 2 rings (SSSR count). The summed E-state index contributed by atoms with van der Waals surface area (Å²) in [7, 11) is 1.55. The molecule has 0 atom stereocenters. The van der Waals surface area contributed by atoms with Crippen LogP contribution in [0.15, 0.2) is 46.1 Å². The molecule has 1 heterocycles. The topological polar surface area (TPSA) is 91.6 Å². The Bertz CT molecular complexity index is 993. The molecule has 0 spiro atoms. The van der Waals surface area contributed by atoms with E-state index in [4.69, 9.17) is 21.2 Å². The molecule has 0 unspecified atom stereocenters. The van der Waals surface area contributed by atoms with Crippen LogP contribution in [0.25, 0.3) is 5.69 Å². The first-order chi connectivity index (χ1) is 12.7. The average molecular weight is 394 g/mol. The number of hydrogen-bond donors (Lipinski definition) is 1. The first kappa shape index (κ1) is 20.5. The number of halogens is 1. The molecule has 9 heteroatoms. The van der Waals surface area contributed by atoms with Gasteiger partial charge < -0.3 is 9.30 Å². The van der Waals surface area contributed by atoms with Gasteiger partial charge in [-0.25, -0.2) is 14.2 Å². The van der Waals surface area contributed by atoms with Crippen LogP contribution in [0.5, 0.6) is 0 Å². The molecule has 0 radical (unpaired) electrons. The lowest BCUT2D eigenvalue weighted by molar-refractivity contribution is 0.0108. The van der Waals surface area contributed by atoms with Gasteiger partial charge >= 0.3 is 11.7 Å². The van der Waals surface area contributed by atoms with Crippen LogP contribution >= 0.6 is 11.6 Å². The standard InChI is InChI=1S/C18H20ClN3O5/c1-11(2)20-27-8-7-26-17(24)14-10-13(5-6-15(14)19)22-16(23)9-12(3)21(4)18(22)25/h5-6,9-10,20H,1,7-8H2,2-4H3. The molecule has 144 valence electrons. The Hall–Kier alpha value is -2.84. The largest absolute Gasteiger partial charge is 0.459 e. The highest BCUT2D eigenvalue weighted by atomic mass is 35.5. The fourth-order valence-electron chi connectivity index (χ4n) is 2.21. The highest BCUT2D eigenvalue weighted by molar-refractivity contribution is 6.33. The molecule has 1 N–H and O–H groups in total. The van der Waals surface area contributed by atoms with Crippen LogP contribution in [0, 0.1) is 6.92 Å². The van der Waals surface area contributed by atoms with Crippen LogP contribution in [-0.4, -0.2) is 28.3 Å². The molecule has 1 aromatic heterocycles. The van der Waals surface area contributed by atoms with E-state index < -0.39 is 17.2 Å². The summed E-state index contributed by atoms with van der Waals surface area (Å²) in [5.74, 6) is -0.697. The monoisotopic (exact) mass is 393 g/mol. The molecule has 0 aliphatic rings. The fourth-order valence-corrected chi connectivity index (χ4v) is 2.40. The number of carbonyl (C=O) groups excluding carboxylic acids is 1. The van der Waals surface area contributed by atoms with E-state index in [9.17, 15) is 14.4 Å². The van der Waals surface area contributed by atoms with Gasteiger partial charge in [-0.3, -0.25) is 15.1 Å². The second-order valence-electron chi connectivity index (χ2n) is 5.83. The van der Waals surface area contributed by atoms with E-state index in [-0.39, 0.29) is 29.5 Å². The summed E-state index contributed by atoms with van der Waals surface area (Å²) < 4.78 is 7.39. The number of hydrogen-bond acceptors (Lipinski definition) is 6. The van der Waals surface area contributed by atoms with Crippen LogP contribution in [0.2, 0.25) is 5.02 Å². The maximum Gasteiger partial charge on any atom is 0.339 e. The summed E-state index contributed by atoms with van der Waals surface area (Å²) in [5.41, 5.74) is 2.90. The van der Waals surface area contributed by atoms with Gasteiger partial charge in [0.05, 0.1) is 16.3 Å².